The van der Waals surface area contributed by atoms with Gasteiger partial charge in [-0.15, -0.1) is 0 Å². The Labute approximate surface area is 357 Å². The van der Waals surface area contributed by atoms with E-state index in [2.05, 4.69) is 61.9 Å². The van der Waals surface area contributed by atoms with E-state index in [4.69, 9.17) is 67.7 Å². The molecule has 3 aliphatic rings. The largest absolute Gasteiger partial charge is 0.450 e. The van der Waals surface area contributed by atoms with E-state index in [1.807, 2.05) is 6.26 Å². The van der Waals surface area contributed by atoms with Crippen molar-refractivity contribution in [1.82, 2.24) is 34.9 Å². The Bertz CT molecular complexity index is 2930. The first-order valence-electron chi connectivity index (χ1n) is 15.4. The number of nitrogens with two attached hydrogens (primary N) is 1. The SMILES string of the molecule is C#CNc1ccc2c(c1S(=O)(=O)O)Oc1c(c(Cl)c3oc4c(S(=O)(=O)O)c(=NCCNc5nc(Cl)nc(SC)n5)ccc-4nc3c1Cl)N2.CSc1nc(N)nc(Cl)n1.[HH]. The molecule has 0 fully saturated rings. The minimum Gasteiger partial charge on any atom is -0.450 e. The van der Waals surface area contributed by atoms with Gasteiger partial charge in [-0.1, -0.05) is 53.1 Å². The monoisotopic (exact) mass is 948 g/mol. The molecule has 28 heteroatoms. The summed E-state index contributed by atoms with van der Waals surface area (Å²) in [7, 11) is -9.84. The minimum absolute atomic E-state index is 0. The van der Waals surface area contributed by atoms with Gasteiger partial charge in [-0.2, -0.15) is 46.7 Å². The van der Waals surface area contributed by atoms with Crippen LogP contribution >= 0.6 is 69.9 Å². The highest BCUT2D eigenvalue weighted by molar-refractivity contribution is 7.98. The number of nitrogens with zero attached hydrogens (tertiary/aromatic N) is 8. The third-order valence-corrected chi connectivity index (χ3v) is 11.3. The van der Waals surface area contributed by atoms with Crippen LogP contribution in [0.3, 0.4) is 0 Å². The van der Waals surface area contributed by atoms with E-state index in [0.717, 1.165) is 0 Å². The predicted octanol–water partition coefficient (Wildman–Crippen LogP) is 6.23. The summed E-state index contributed by atoms with van der Waals surface area (Å²) in [5.74, 6) is -0.587. The fourth-order valence-electron chi connectivity index (χ4n) is 5.07. The highest BCUT2D eigenvalue weighted by atomic mass is 35.5. The molecule has 0 radical (unpaired) electrons. The molecule has 4 heterocycles. The topological polar surface area (TPSA) is 296 Å². The van der Waals surface area contributed by atoms with Crippen LogP contribution in [0.4, 0.5) is 29.0 Å². The second-order valence-corrected chi connectivity index (χ2v) is 16.6. The molecule has 304 valence electrons. The molecule has 4 aromatic rings. The zero-order chi connectivity index (χ0) is 42.1. The lowest BCUT2D eigenvalue weighted by Crippen LogP contribution is -2.19. The van der Waals surface area contributed by atoms with Crippen molar-refractivity contribution in [2.45, 2.75) is 20.1 Å². The molecule has 20 nitrogen and oxygen atoms in total. The number of hydrogen-bond acceptors (Lipinski definition) is 20. The highest BCUT2D eigenvalue weighted by Gasteiger charge is 2.34. The molecule has 0 unspecified atom stereocenters. The number of rotatable bonds is 9. The third kappa shape index (κ3) is 9.13. The average Bonchev–Trinajstić information content (AvgIpc) is 3.16. The van der Waals surface area contributed by atoms with E-state index in [1.165, 1.54) is 47.8 Å². The van der Waals surface area contributed by atoms with Crippen molar-refractivity contribution in [2.75, 3.05) is 47.3 Å². The molecule has 0 atom stereocenters. The van der Waals surface area contributed by atoms with Crippen molar-refractivity contribution in [2.24, 2.45) is 4.99 Å². The van der Waals surface area contributed by atoms with Gasteiger partial charge in [0, 0.05) is 14.0 Å². The molecule has 7 N–H and O–H groups in total. The van der Waals surface area contributed by atoms with Gasteiger partial charge in [0.25, 0.3) is 10.1 Å². The van der Waals surface area contributed by atoms with Crippen LogP contribution in [0.5, 0.6) is 11.5 Å². The molecule has 0 saturated carbocycles. The summed E-state index contributed by atoms with van der Waals surface area (Å²) < 4.78 is 81.9. The van der Waals surface area contributed by atoms with Gasteiger partial charge in [0.05, 0.1) is 23.3 Å². The van der Waals surface area contributed by atoms with Gasteiger partial charge in [-0.3, -0.25) is 14.1 Å². The summed E-state index contributed by atoms with van der Waals surface area (Å²) in [5.41, 5.74) is 4.76. The molecule has 0 bridgehead atoms. The fourth-order valence-corrected chi connectivity index (χ4v) is 8.30. The number of fused-ring (bicyclic) bond motifs is 4. The summed E-state index contributed by atoms with van der Waals surface area (Å²) in [6.45, 7) is 0.141. The van der Waals surface area contributed by atoms with Crippen molar-refractivity contribution < 1.29 is 36.5 Å². The standard InChI is InChI=1S/C26H17Cl3N8O8S3.C4H5ClN4S.H2/c1-3-30-12-6-4-10-18(22(12)47(38,39)40)44-20-14(27)17-21(15(28)16(20)33-10)45-19-11(34-17)5-7-13(23(19)48(41,42)43)31-8-9-32-25-35-24(29)36-26(37-25)46-2;1-10-4-8-2(5)7-3(6)9-4;/h1,4-7,30,33H,8-9H2,2H3,(H,38,39,40)(H,41,42,43)(H,32,35,36,37);1H3,(H2,6,7,8,9);1H. The molecule has 2 aromatic heterocycles. The molecule has 0 amide bonds. The van der Waals surface area contributed by atoms with Crippen molar-refractivity contribution >= 4 is 130 Å². The number of nitrogens with one attached hydrogen (secondary N) is 3. The number of terminal acetylenes is 1. The van der Waals surface area contributed by atoms with Gasteiger partial charge in [0.2, 0.25) is 22.5 Å². The lowest BCUT2D eigenvalue weighted by molar-refractivity contribution is 0.449. The summed E-state index contributed by atoms with van der Waals surface area (Å²) in [6, 6.07) is 7.42. The lowest BCUT2D eigenvalue weighted by atomic mass is 10.1. The Morgan fingerprint density at radius 2 is 1.57 bits per heavy atom. The number of benzene rings is 3. The van der Waals surface area contributed by atoms with Crippen molar-refractivity contribution in [1.29, 1.82) is 0 Å². The fraction of sp³-hybridized carbons (Fsp3) is 0.133. The summed E-state index contributed by atoms with van der Waals surface area (Å²) >= 11 is 27.4. The van der Waals surface area contributed by atoms with Crippen LogP contribution in [0.2, 0.25) is 20.6 Å². The van der Waals surface area contributed by atoms with Crippen molar-refractivity contribution in [3.8, 4) is 35.4 Å². The normalized spacial score (nSPS) is 12.4. The molecule has 2 aromatic carbocycles. The Morgan fingerprint density at radius 3 is 2.21 bits per heavy atom. The van der Waals surface area contributed by atoms with Crippen LogP contribution in [-0.4, -0.2) is 86.4 Å². The number of aromatic nitrogens is 7. The lowest BCUT2D eigenvalue weighted by Gasteiger charge is -2.26. The maximum Gasteiger partial charge on any atom is 0.300 e. The molecule has 58 heavy (non-hydrogen) atoms. The van der Waals surface area contributed by atoms with E-state index >= 15 is 0 Å². The number of nitrogen functional groups attached to an aromatic ring is 1. The first kappa shape index (κ1) is 42.9. The van der Waals surface area contributed by atoms with Crippen molar-refractivity contribution in [3.63, 3.8) is 0 Å². The second-order valence-electron chi connectivity index (χ2n) is 10.9. The van der Waals surface area contributed by atoms with Crippen LogP contribution in [-0.2, 0) is 20.2 Å². The van der Waals surface area contributed by atoms with Crippen LogP contribution < -0.4 is 31.8 Å². The maximum absolute atomic E-state index is 12.6. The van der Waals surface area contributed by atoms with Gasteiger partial charge in [-0.25, -0.2) is 4.98 Å². The Hall–Kier alpha value is -4.68. The number of halogens is 4. The van der Waals surface area contributed by atoms with E-state index in [9.17, 15) is 25.9 Å². The van der Waals surface area contributed by atoms with E-state index in [0.29, 0.717) is 10.3 Å². The third-order valence-electron chi connectivity index (χ3n) is 7.31. The van der Waals surface area contributed by atoms with Gasteiger partial charge < -0.3 is 30.8 Å². The molecular weight excluding hydrogens is 926 g/mol. The summed E-state index contributed by atoms with van der Waals surface area (Å²) in [5, 5.41) is 8.66. The van der Waals surface area contributed by atoms with Gasteiger partial charge in [0.15, 0.2) is 42.9 Å². The molecule has 1 aliphatic carbocycles. The van der Waals surface area contributed by atoms with Gasteiger partial charge in [-0.05, 0) is 60.0 Å². The predicted molar refractivity (Wildman–Crippen MR) is 221 cm³/mol. The Morgan fingerprint density at radius 1 is 0.897 bits per heavy atom. The van der Waals surface area contributed by atoms with Crippen LogP contribution in [0.1, 0.15) is 1.43 Å². The first-order chi connectivity index (χ1) is 27.4. The van der Waals surface area contributed by atoms with E-state index in [1.54, 1.807) is 6.26 Å². The van der Waals surface area contributed by atoms with Crippen LogP contribution in [0, 0.1) is 12.5 Å². The molecule has 7 rings (SSSR count). The quantitative estimate of drug-likeness (QED) is 0.0233. The van der Waals surface area contributed by atoms with E-state index in [-0.39, 0.29) is 103 Å². The zero-order valence-electron chi connectivity index (χ0n) is 28.9. The number of thioether (sulfide) groups is 2. The minimum atomic E-state index is -4.96. The van der Waals surface area contributed by atoms with Crippen LogP contribution in [0.15, 0.2) is 53.8 Å². The summed E-state index contributed by atoms with van der Waals surface area (Å²) in [4.78, 5) is 30.6. The number of hydrogen-bond donors (Lipinski definition) is 6. The second kappa shape index (κ2) is 17.3. The van der Waals surface area contributed by atoms with Gasteiger partial charge in [0.1, 0.15) is 26.9 Å². The van der Waals surface area contributed by atoms with Crippen LogP contribution in [0.25, 0.3) is 22.6 Å². The molecular formula is C30H24Cl4N12O8S4. The number of ether oxygens (including phenoxy) is 1. The summed E-state index contributed by atoms with van der Waals surface area (Å²) in [6.07, 6.45) is 8.87. The van der Waals surface area contributed by atoms with E-state index < -0.39 is 30.0 Å². The Kier molecular flexibility index (Phi) is 12.8. The molecule has 0 spiro atoms. The van der Waals surface area contributed by atoms with Crippen molar-refractivity contribution in [3.05, 3.63) is 50.2 Å². The highest BCUT2D eigenvalue weighted by Crippen LogP contribution is 2.55. The smallest absolute Gasteiger partial charge is 0.300 e. The zero-order valence-corrected chi connectivity index (χ0v) is 35.2. The molecule has 0 saturated heterocycles. The first-order valence-corrected chi connectivity index (χ1v) is 22.3. The van der Waals surface area contributed by atoms with Gasteiger partial charge >= 0.3 is 10.1 Å². The number of anilines is 5. The molecule has 2 aliphatic heterocycles. The average molecular weight is 951 g/mol. The maximum atomic E-state index is 12.6. The Balaban J connectivity index is 0.000000527.